The van der Waals surface area contributed by atoms with Gasteiger partial charge in [0.15, 0.2) is 0 Å². The monoisotopic (exact) mass is 590 g/mol. The quantitative estimate of drug-likeness (QED) is 0.231. The van der Waals surface area contributed by atoms with Crippen LogP contribution >= 0.6 is 0 Å². The Morgan fingerprint density at radius 3 is 2.51 bits per heavy atom. The summed E-state index contributed by atoms with van der Waals surface area (Å²) >= 11 is 0. The van der Waals surface area contributed by atoms with Gasteiger partial charge in [0.05, 0.1) is 41.3 Å². The van der Waals surface area contributed by atoms with Crippen molar-refractivity contribution in [3.8, 4) is 6.07 Å². The van der Waals surface area contributed by atoms with Gasteiger partial charge >= 0.3 is 12.1 Å². The van der Waals surface area contributed by atoms with E-state index >= 15 is 0 Å². The molecule has 8 nitrogen and oxygen atoms in total. The fraction of sp³-hybridized carbons (Fsp3) is 0.290. The number of fused-ring (bicyclic) bond motifs is 2. The smallest absolute Gasteiger partial charge is 0.406 e. The van der Waals surface area contributed by atoms with E-state index in [9.17, 15) is 27.5 Å². The minimum absolute atomic E-state index is 0.0964. The Balaban J connectivity index is 1.18. The Morgan fingerprint density at radius 2 is 1.81 bits per heavy atom. The molecule has 6 rings (SSSR count). The molecule has 1 fully saturated rings. The van der Waals surface area contributed by atoms with Crippen LogP contribution in [0.4, 0.5) is 17.6 Å². The molecule has 0 spiro atoms. The number of alkyl halides is 3. The van der Waals surface area contributed by atoms with E-state index < -0.39 is 24.5 Å². The van der Waals surface area contributed by atoms with Gasteiger partial charge in [0.1, 0.15) is 23.8 Å². The van der Waals surface area contributed by atoms with Gasteiger partial charge in [-0.1, -0.05) is 6.07 Å². The summed E-state index contributed by atoms with van der Waals surface area (Å²) in [6, 6.07) is 16.3. The van der Waals surface area contributed by atoms with Crippen molar-refractivity contribution in [1.82, 2.24) is 24.0 Å². The van der Waals surface area contributed by atoms with E-state index in [2.05, 4.69) is 9.88 Å². The largest absolute Gasteiger partial charge is 0.478 e. The predicted molar refractivity (Wildman–Crippen MR) is 150 cm³/mol. The minimum atomic E-state index is -4.50. The molecule has 12 heteroatoms. The first-order valence-electron chi connectivity index (χ1n) is 13.7. The predicted octanol–water partition coefficient (Wildman–Crippen LogP) is 6.09. The first kappa shape index (κ1) is 28.4. The van der Waals surface area contributed by atoms with Crippen LogP contribution in [0.25, 0.3) is 22.1 Å². The molecule has 5 aromatic rings. The molecule has 2 aromatic carbocycles. The number of imidazole rings is 1. The second-order valence-corrected chi connectivity index (χ2v) is 10.8. The maximum absolute atomic E-state index is 14.5. The number of pyridine rings is 1. The lowest BCUT2D eigenvalue weighted by Gasteiger charge is -2.31. The lowest BCUT2D eigenvalue weighted by molar-refractivity contribution is -0.140. The number of benzene rings is 2. The van der Waals surface area contributed by atoms with Crippen molar-refractivity contribution in [2.75, 3.05) is 13.1 Å². The number of hydrogen-bond donors (Lipinski definition) is 1. The number of carboxylic acid groups (broad SMARTS) is 1. The zero-order valence-corrected chi connectivity index (χ0v) is 22.9. The second kappa shape index (κ2) is 11.1. The van der Waals surface area contributed by atoms with Crippen molar-refractivity contribution < 1.29 is 27.5 Å². The van der Waals surface area contributed by atoms with E-state index in [1.54, 1.807) is 12.1 Å². The SMILES string of the molecule is N#Cc1ccc(Cn2ccc3ccc(C4CCN(Cc5nc6ccc(C(=O)O)cc6n5CC(F)(F)F)CC4)nc32)c(F)c1. The minimum Gasteiger partial charge on any atom is -0.478 e. The highest BCUT2D eigenvalue weighted by atomic mass is 19.4. The summed E-state index contributed by atoms with van der Waals surface area (Å²) in [5, 5.41) is 19.2. The van der Waals surface area contributed by atoms with Crippen LogP contribution < -0.4 is 0 Å². The average molecular weight is 591 g/mol. The third kappa shape index (κ3) is 5.94. The van der Waals surface area contributed by atoms with Crippen molar-refractivity contribution in [2.24, 2.45) is 0 Å². The van der Waals surface area contributed by atoms with Crippen LogP contribution in [-0.2, 0) is 19.6 Å². The lowest BCUT2D eigenvalue weighted by atomic mass is 9.93. The number of aromatic nitrogens is 4. The molecule has 1 saturated heterocycles. The van der Waals surface area contributed by atoms with E-state index in [4.69, 9.17) is 10.2 Å². The van der Waals surface area contributed by atoms with Crippen LogP contribution in [0.2, 0.25) is 0 Å². The number of nitrogens with zero attached hydrogens (tertiary/aromatic N) is 6. The Labute approximate surface area is 243 Å². The van der Waals surface area contributed by atoms with Crippen molar-refractivity contribution >= 4 is 28.0 Å². The van der Waals surface area contributed by atoms with Crippen LogP contribution in [0.3, 0.4) is 0 Å². The normalized spacial score (nSPS) is 14.9. The van der Waals surface area contributed by atoms with Gasteiger partial charge in [0.25, 0.3) is 0 Å². The molecule has 1 aliphatic heterocycles. The van der Waals surface area contributed by atoms with Gasteiger partial charge in [0, 0.05) is 28.8 Å². The summed E-state index contributed by atoms with van der Waals surface area (Å²) in [6.45, 7) is 0.456. The summed E-state index contributed by atoms with van der Waals surface area (Å²) in [6.07, 6.45) is -1.16. The second-order valence-electron chi connectivity index (χ2n) is 10.8. The average Bonchev–Trinajstić information content (AvgIpc) is 3.53. The third-order valence-electron chi connectivity index (χ3n) is 7.94. The summed E-state index contributed by atoms with van der Waals surface area (Å²) in [5.74, 6) is -1.29. The maximum Gasteiger partial charge on any atom is 0.406 e. The first-order valence-corrected chi connectivity index (χ1v) is 13.7. The van der Waals surface area contributed by atoms with Crippen molar-refractivity contribution in [3.05, 3.63) is 94.8 Å². The van der Waals surface area contributed by atoms with Crippen LogP contribution in [0.5, 0.6) is 0 Å². The highest BCUT2D eigenvalue weighted by Crippen LogP contribution is 2.31. The molecule has 1 N–H and O–H groups in total. The van der Waals surface area contributed by atoms with Gasteiger partial charge in [-0.15, -0.1) is 0 Å². The topological polar surface area (TPSA) is 100.0 Å². The van der Waals surface area contributed by atoms with Crippen LogP contribution in [0.1, 0.15) is 51.8 Å². The van der Waals surface area contributed by atoms with Gasteiger partial charge in [-0.2, -0.15) is 18.4 Å². The Kier molecular flexibility index (Phi) is 7.35. The number of halogens is 4. The molecule has 0 atom stereocenters. The molecule has 0 radical (unpaired) electrons. The molecule has 0 amide bonds. The van der Waals surface area contributed by atoms with Gasteiger partial charge in [-0.3, -0.25) is 4.90 Å². The van der Waals surface area contributed by atoms with E-state index in [1.807, 2.05) is 35.0 Å². The van der Waals surface area contributed by atoms with Crippen LogP contribution in [0.15, 0.2) is 60.8 Å². The molecular formula is C31H26F4N6O2. The third-order valence-corrected chi connectivity index (χ3v) is 7.94. The number of likely N-dealkylation sites (tertiary alicyclic amines) is 1. The molecule has 0 aliphatic carbocycles. The first-order chi connectivity index (χ1) is 20.6. The highest BCUT2D eigenvalue weighted by molar-refractivity contribution is 5.92. The molecule has 4 heterocycles. The number of aromatic carboxylic acids is 1. The molecular weight excluding hydrogens is 564 g/mol. The Bertz CT molecular complexity index is 1880. The van der Waals surface area contributed by atoms with E-state index in [-0.39, 0.29) is 41.5 Å². The zero-order chi connectivity index (χ0) is 30.3. The fourth-order valence-electron chi connectivity index (χ4n) is 5.73. The van der Waals surface area contributed by atoms with Gasteiger partial charge in [-0.25, -0.2) is 19.2 Å². The van der Waals surface area contributed by atoms with Crippen LogP contribution in [0, 0.1) is 17.1 Å². The molecule has 220 valence electrons. The van der Waals surface area contributed by atoms with Crippen molar-refractivity contribution in [3.63, 3.8) is 0 Å². The van der Waals surface area contributed by atoms with E-state index in [0.29, 0.717) is 24.2 Å². The van der Waals surface area contributed by atoms with Crippen LogP contribution in [-0.4, -0.2) is 54.3 Å². The number of carbonyl (C=O) groups is 1. The lowest BCUT2D eigenvalue weighted by Crippen LogP contribution is -2.34. The molecule has 1 aliphatic rings. The van der Waals surface area contributed by atoms with Gasteiger partial charge in [-0.05, 0) is 74.5 Å². The Morgan fingerprint density at radius 1 is 1.02 bits per heavy atom. The number of nitriles is 1. The number of piperidine rings is 1. The highest BCUT2D eigenvalue weighted by Gasteiger charge is 2.31. The number of carboxylic acids is 1. The molecule has 0 saturated carbocycles. The summed E-state index contributed by atoms with van der Waals surface area (Å²) in [5.41, 5.74) is 2.70. The zero-order valence-electron chi connectivity index (χ0n) is 22.9. The van der Waals surface area contributed by atoms with E-state index in [1.165, 1.54) is 24.3 Å². The molecule has 0 unspecified atom stereocenters. The molecule has 43 heavy (non-hydrogen) atoms. The number of rotatable bonds is 7. The summed E-state index contributed by atoms with van der Waals surface area (Å²) in [4.78, 5) is 22.8. The Hall–Kier alpha value is -4.76. The van der Waals surface area contributed by atoms with Crippen molar-refractivity contribution in [2.45, 2.75) is 44.6 Å². The fourth-order valence-corrected chi connectivity index (χ4v) is 5.73. The van der Waals surface area contributed by atoms with Gasteiger partial charge < -0.3 is 14.2 Å². The molecule has 3 aromatic heterocycles. The standard InChI is InChI=1S/C31H26F4N6O2/c32-24-13-19(15-36)1-2-23(24)16-40-12-9-21-3-5-25(38-29(21)40)20-7-10-39(11-8-20)17-28-37-26-6-4-22(30(42)43)14-27(26)41(28)18-31(33,34)35/h1-6,9,12-14,20H,7-8,10-11,16-18H2,(H,42,43). The molecule has 0 bridgehead atoms. The summed E-state index contributed by atoms with van der Waals surface area (Å²) in [7, 11) is 0. The van der Waals surface area contributed by atoms with E-state index in [0.717, 1.165) is 34.1 Å². The maximum atomic E-state index is 14.5. The van der Waals surface area contributed by atoms with Crippen molar-refractivity contribution in [1.29, 1.82) is 5.26 Å². The number of hydrogen-bond acceptors (Lipinski definition) is 5. The van der Waals surface area contributed by atoms with Gasteiger partial charge in [0.2, 0.25) is 0 Å². The summed E-state index contributed by atoms with van der Waals surface area (Å²) < 4.78 is 57.9.